The van der Waals surface area contributed by atoms with Crippen LogP contribution in [0.1, 0.15) is 19.8 Å². The van der Waals surface area contributed by atoms with Crippen molar-refractivity contribution < 1.29 is 9.53 Å². The van der Waals surface area contributed by atoms with Gasteiger partial charge >= 0.3 is 0 Å². The number of carbonyl (C=O) groups is 1. The van der Waals surface area contributed by atoms with Crippen molar-refractivity contribution >= 4 is 11.6 Å². The summed E-state index contributed by atoms with van der Waals surface area (Å²) in [4.78, 5) is 14.5. The average Bonchev–Trinajstić information content (AvgIpc) is 2.92. The number of amides is 1. The van der Waals surface area contributed by atoms with E-state index in [-0.39, 0.29) is 17.9 Å². The van der Waals surface area contributed by atoms with E-state index in [1.807, 2.05) is 36.1 Å². The minimum atomic E-state index is 0.105. The van der Waals surface area contributed by atoms with Crippen molar-refractivity contribution in [2.45, 2.75) is 25.8 Å². The molecule has 1 aromatic rings. The molecule has 1 heterocycles. The number of nitrogens with zero attached hydrogens (tertiary/aromatic N) is 1. The number of anilines is 1. The predicted octanol–water partition coefficient (Wildman–Crippen LogP) is 2.77. The average molecular weight is 243 g/mol. The molecule has 1 atom stereocenters. The number of rotatable bonds is 1. The lowest BCUT2D eigenvalue weighted by atomic mass is 10.0. The van der Waals surface area contributed by atoms with Crippen LogP contribution in [0.3, 0.4) is 0 Å². The maximum absolute atomic E-state index is 12.6. The molecule has 0 bridgehead atoms. The first kappa shape index (κ1) is 11.3. The van der Waals surface area contributed by atoms with E-state index in [1.165, 1.54) is 0 Å². The van der Waals surface area contributed by atoms with Gasteiger partial charge < -0.3 is 9.64 Å². The van der Waals surface area contributed by atoms with Crippen molar-refractivity contribution in [3.63, 3.8) is 0 Å². The number of para-hydroxylation sites is 2. The fourth-order valence-corrected chi connectivity index (χ4v) is 2.65. The standard InChI is InChI=1S/C15H17NO2/c1-11-10-18-14-9-5-4-8-13(14)16(11)15(17)12-6-2-3-7-12/h2-5,8-9,11-12H,6-7,10H2,1H3. The molecule has 0 aromatic heterocycles. The highest BCUT2D eigenvalue weighted by molar-refractivity contribution is 5.97. The van der Waals surface area contributed by atoms with Gasteiger partial charge in [-0.3, -0.25) is 4.79 Å². The first-order valence-electron chi connectivity index (χ1n) is 6.47. The van der Waals surface area contributed by atoms with E-state index in [2.05, 4.69) is 12.2 Å². The third-order valence-corrected chi connectivity index (χ3v) is 3.64. The summed E-state index contributed by atoms with van der Waals surface area (Å²) in [5, 5.41) is 0. The number of allylic oxidation sites excluding steroid dienone is 2. The van der Waals surface area contributed by atoms with Crippen LogP contribution < -0.4 is 9.64 Å². The van der Waals surface area contributed by atoms with Crippen LogP contribution in [-0.4, -0.2) is 18.6 Å². The highest BCUT2D eigenvalue weighted by Crippen LogP contribution is 2.35. The third-order valence-electron chi connectivity index (χ3n) is 3.64. The van der Waals surface area contributed by atoms with E-state index in [0.717, 1.165) is 24.3 Å². The van der Waals surface area contributed by atoms with E-state index >= 15 is 0 Å². The van der Waals surface area contributed by atoms with Crippen LogP contribution in [-0.2, 0) is 4.79 Å². The normalized spacial score (nSPS) is 22.7. The molecule has 1 unspecified atom stereocenters. The molecule has 0 fully saturated rings. The van der Waals surface area contributed by atoms with Crippen molar-refractivity contribution in [3.05, 3.63) is 36.4 Å². The predicted molar refractivity (Wildman–Crippen MR) is 70.7 cm³/mol. The molecule has 3 rings (SSSR count). The zero-order valence-electron chi connectivity index (χ0n) is 10.5. The van der Waals surface area contributed by atoms with Gasteiger partial charge in [-0.2, -0.15) is 0 Å². The Kier molecular flexibility index (Phi) is 2.82. The number of carbonyl (C=O) groups excluding carboxylic acids is 1. The number of hydrogen-bond acceptors (Lipinski definition) is 2. The molecule has 1 aromatic carbocycles. The van der Waals surface area contributed by atoms with Gasteiger partial charge in [0.25, 0.3) is 0 Å². The van der Waals surface area contributed by atoms with Gasteiger partial charge in [-0.15, -0.1) is 0 Å². The molecule has 1 aliphatic carbocycles. The Hall–Kier alpha value is -1.77. The molecule has 2 aliphatic rings. The van der Waals surface area contributed by atoms with Crippen LogP contribution in [0.5, 0.6) is 5.75 Å². The van der Waals surface area contributed by atoms with Gasteiger partial charge in [0.05, 0.1) is 11.7 Å². The lowest BCUT2D eigenvalue weighted by Crippen LogP contribution is -2.47. The Morgan fingerprint density at radius 1 is 1.28 bits per heavy atom. The maximum atomic E-state index is 12.6. The summed E-state index contributed by atoms with van der Waals surface area (Å²) in [6, 6.07) is 7.88. The molecular formula is C15H17NO2. The third kappa shape index (κ3) is 1.80. The zero-order valence-corrected chi connectivity index (χ0v) is 10.5. The fourth-order valence-electron chi connectivity index (χ4n) is 2.65. The molecule has 0 saturated heterocycles. The Balaban J connectivity index is 1.92. The Morgan fingerprint density at radius 2 is 2.00 bits per heavy atom. The van der Waals surface area contributed by atoms with E-state index in [9.17, 15) is 4.79 Å². The lowest BCUT2D eigenvalue weighted by Gasteiger charge is -2.36. The quantitative estimate of drug-likeness (QED) is 0.710. The van der Waals surface area contributed by atoms with Crippen LogP contribution in [0.4, 0.5) is 5.69 Å². The summed E-state index contributed by atoms with van der Waals surface area (Å²) in [5.41, 5.74) is 0.910. The number of hydrogen-bond donors (Lipinski definition) is 0. The summed E-state index contributed by atoms with van der Waals surface area (Å²) in [6.45, 7) is 2.61. The molecular weight excluding hydrogens is 226 g/mol. The van der Waals surface area contributed by atoms with Crippen LogP contribution in [0, 0.1) is 5.92 Å². The second kappa shape index (κ2) is 4.48. The summed E-state index contributed by atoms with van der Waals surface area (Å²) >= 11 is 0. The first-order valence-corrected chi connectivity index (χ1v) is 6.47. The summed E-state index contributed by atoms with van der Waals surface area (Å²) < 4.78 is 5.67. The molecule has 0 radical (unpaired) electrons. The van der Waals surface area contributed by atoms with Crippen LogP contribution in [0.25, 0.3) is 0 Å². The molecule has 3 nitrogen and oxygen atoms in total. The van der Waals surface area contributed by atoms with Crippen molar-refractivity contribution in [1.29, 1.82) is 0 Å². The van der Waals surface area contributed by atoms with Crippen molar-refractivity contribution in [2.24, 2.45) is 5.92 Å². The molecule has 0 N–H and O–H groups in total. The van der Waals surface area contributed by atoms with Crippen molar-refractivity contribution in [2.75, 3.05) is 11.5 Å². The second-order valence-corrected chi connectivity index (χ2v) is 4.98. The van der Waals surface area contributed by atoms with Gasteiger partial charge in [0.15, 0.2) is 0 Å². The minimum absolute atomic E-state index is 0.105. The lowest BCUT2D eigenvalue weighted by molar-refractivity contribution is -0.122. The number of ether oxygens (including phenoxy) is 1. The topological polar surface area (TPSA) is 29.5 Å². The van der Waals surface area contributed by atoms with Crippen molar-refractivity contribution in [3.8, 4) is 5.75 Å². The van der Waals surface area contributed by atoms with E-state index < -0.39 is 0 Å². The van der Waals surface area contributed by atoms with Crippen LogP contribution in [0.15, 0.2) is 36.4 Å². The first-order chi connectivity index (χ1) is 8.77. The van der Waals surface area contributed by atoms with E-state index in [0.29, 0.717) is 6.61 Å². The maximum Gasteiger partial charge on any atom is 0.231 e. The second-order valence-electron chi connectivity index (χ2n) is 4.98. The summed E-state index contributed by atoms with van der Waals surface area (Å²) in [6.07, 6.45) is 5.93. The Labute approximate surface area is 107 Å². The molecule has 0 spiro atoms. The molecule has 1 amide bonds. The number of fused-ring (bicyclic) bond motifs is 1. The van der Waals surface area contributed by atoms with Gasteiger partial charge in [-0.1, -0.05) is 24.3 Å². The molecule has 18 heavy (non-hydrogen) atoms. The highest BCUT2D eigenvalue weighted by Gasteiger charge is 2.33. The minimum Gasteiger partial charge on any atom is -0.489 e. The smallest absolute Gasteiger partial charge is 0.231 e. The highest BCUT2D eigenvalue weighted by atomic mass is 16.5. The monoisotopic (exact) mass is 243 g/mol. The van der Waals surface area contributed by atoms with Gasteiger partial charge in [-0.05, 0) is 31.9 Å². The Bertz CT molecular complexity index is 487. The van der Waals surface area contributed by atoms with Gasteiger partial charge in [0.1, 0.15) is 12.4 Å². The molecule has 0 saturated carbocycles. The fraction of sp³-hybridized carbons (Fsp3) is 0.400. The molecule has 94 valence electrons. The zero-order chi connectivity index (χ0) is 12.5. The van der Waals surface area contributed by atoms with Crippen molar-refractivity contribution in [1.82, 2.24) is 0 Å². The SMILES string of the molecule is CC1COc2ccccc2N1C(=O)C1CC=CC1. The van der Waals surface area contributed by atoms with Gasteiger partial charge in [0.2, 0.25) is 5.91 Å². The Morgan fingerprint density at radius 3 is 2.78 bits per heavy atom. The molecule has 3 heteroatoms. The summed E-state index contributed by atoms with van der Waals surface area (Å²) in [7, 11) is 0. The van der Waals surface area contributed by atoms with Gasteiger partial charge in [0, 0.05) is 5.92 Å². The van der Waals surface area contributed by atoms with Gasteiger partial charge in [-0.25, -0.2) is 0 Å². The largest absolute Gasteiger partial charge is 0.489 e. The van der Waals surface area contributed by atoms with Crippen LogP contribution in [0.2, 0.25) is 0 Å². The summed E-state index contributed by atoms with van der Waals surface area (Å²) in [5.74, 6) is 1.15. The van der Waals surface area contributed by atoms with E-state index in [1.54, 1.807) is 0 Å². The van der Waals surface area contributed by atoms with E-state index in [4.69, 9.17) is 4.74 Å². The number of benzene rings is 1. The molecule has 1 aliphatic heterocycles. The van der Waals surface area contributed by atoms with Crippen LogP contribution >= 0.6 is 0 Å².